The van der Waals surface area contributed by atoms with Crippen LogP contribution in [0.25, 0.3) is 22.8 Å². The molecule has 2 aromatic carbocycles. The van der Waals surface area contributed by atoms with Gasteiger partial charge < -0.3 is 114 Å². The molecule has 4 saturated heterocycles. The molecule has 12 rings (SSSR count). The van der Waals surface area contributed by atoms with E-state index in [4.69, 9.17) is 47.4 Å². The van der Waals surface area contributed by atoms with Gasteiger partial charge in [-0.15, -0.1) is 0 Å². The van der Waals surface area contributed by atoms with Gasteiger partial charge >= 0.3 is 0 Å². The predicted molar refractivity (Wildman–Crippen MR) is 333 cm³/mol. The van der Waals surface area contributed by atoms with E-state index in [-0.39, 0.29) is 54.4 Å². The number of carbonyl (C=O) groups excluding carboxylic acids is 5. The molecule has 10 aliphatic rings. The lowest BCUT2D eigenvalue weighted by Gasteiger charge is -2.59. The third kappa shape index (κ3) is 10.5. The Bertz CT molecular complexity index is 3720. The number of aromatic hydroxyl groups is 4. The third-order valence-corrected chi connectivity index (χ3v) is 21.6. The molecule has 23 atom stereocenters. The Morgan fingerprint density at radius 3 is 1.39 bits per heavy atom. The Kier molecular flexibility index (Phi) is 18.5. The summed E-state index contributed by atoms with van der Waals surface area (Å²) in [5.41, 5.74) is 1.09. The fraction of sp³-hybridized carbons (Fsp3) is 0.603. The number of ketones is 5. The molecule has 520 valence electrons. The van der Waals surface area contributed by atoms with Crippen LogP contribution in [0.3, 0.4) is 0 Å². The summed E-state index contributed by atoms with van der Waals surface area (Å²) < 4.78 is 68.0. The molecular weight excluding hydrogens is 1260 g/mol. The first-order chi connectivity index (χ1) is 45.5. The van der Waals surface area contributed by atoms with Gasteiger partial charge in [0.15, 0.2) is 60.1 Å². The van der Waals surface area contributed by atoms with Crippen molar-refractivity contribution in [3.05, 3.63) is 91.2 Å². The van der Waals surface area contributed by atoms with Crippen molar-refractivity contribution in [1.29, 1.82) is 0 Å². The Morgan fingerprint density at radius 2 is 0.958 bits per heavy atom. The van der Waals surface area contributed by atoms with E-state index in [1.165, 1.54) is 20.3 Å². The minimum Gasteiger partial charge on any atom is -0.511 e. The zero-order chi connectivity index (χ0) is 69.5. The monoisotopic (exact) mass is 1340 g/mol. The highest BCUT2D eigenvalue weighted by atomic mass is 16.7. The topological polar surface area (TPSA) is 402 Å². The van der Waals surface area contributed by atoms with E-state index in [9.17, 15) is 70.7 Å². The van der Waals surface area contributed by atoms with Gasteiger partial charge in [0.2, 0.25) is 0 Å². The van der Waals surface area contributed by atoms with Crippen molar-refractivity contribution in [2.75, 3.05) is 42.4 Å². The summed E-state index contributed by atoms with van der Waals surface area (Å²) in [6, 6.07) is -3.10. The molecule has 1 unspecified atom stereocenters. The molecule has 6 aliphatic carbocycles. The molecule has 28 nitrogen and oxygen atoms in total. The van der Waals surface area contributed by atoms with Crippen LogP contribution < -0.4 is 5.11 Å². The number of hydrogen-bond donors (Lipinski definition) is 10. The van der Waals surface area contributed by atoms with E-state index in [0.717, 1.165) is 24.3 Å². The molecule has 0 spiro atoms. The highest BCUT2D eigenvalue weighted by Gasteiger charge is 2.72. The number of fused-ring (bicyclic) bond motifs is 7. The van der Waals surface area contributed by atoms with Gasteiger partial charge in [-0.3, -0.25) is 24.0 Å². The van der Waals surface area contributed by atoms with Crippen molar-refractivity contribution in [3.8, 4) is 23.0 Å². The SMILES string of the molecule is CC[C@@]1(O[C@H]2C[C@H](OC)[C@@H](O)[C@H](C)O2)[C@H](O[C@@H]2C[C@H](O)[C@@H](N(C)C)[C@H](C)O2)C2=C(C(=O)[C@@H]1[C@H]1C(O)=C3C(=Cc4c(O)c5c(c(O)c43)C(=O)C=CC5=O)[C@@H](O[C@@H]3C[C@H](O)[C@@H](N(C)C)[C@H](C)O3)[C@@]1(CC)O[C@H]1C[C@H](OC)[C@@H](O)[C@H](C)O1)c1c(O)c3c(c(O)c1C2[NH+]=[N-])C(=O)C=CC3=O. The number of phenolic OH excluding ortho intramolecular Hbond substituents is 4. The van der Waals surface area contributed by atoms with Gasteiger partial charge in [-0.25, -0.2) is 0 Å². The van der Waals surface area contributed by atoms with Crippen molar-refractivity contribution >= 4 is 46.1 Å². The number of hydrogen-bond acceptors (Lipinski definition) is 26. The molecule has 4 aliphatic heterocycles. The standard InChI is InChI=1S/C68H84N4O24/c1-13-67(95-40-22-36(87-11)57(79)26(5)91-40)52(63(85)43-29(65(67)93-38-20-34(77)55(71(7)8)24(3)89-38)19-28-42(43)60(82)45-31(74)16-15-30(73)44(45)59(28)81)53-64(86)49-48-50(62(84)47-33(76)18-17-32(75)46(47)61(48)83)54(70-69)51(49)66(94-39-21-35(78)56(72(9)10)25(4)90-39)68(53,14-2)96-41-23-37(88-12)58(80)27(6)92-41/h15-19,24-27,34-41,52-58,65-66,70,77-85H,13-14,20-23H2,1-12H3/t24-,25-,26-,27-,34-,35-,36-,37-,38+,39+,40-,41-,52-,53-,54?,55-,56-,57-,58-,65+,66+,67-,68-/m0/s1. The molecule has 0 bridgehead atoms. The van der Waals surface area contributed by atoms with Crippen LogP contribution in [0.2, 0.25) is 0 Å². The minimum absolute atomic E-state index is 0.107. The first-order valence-electron chi connectivity index (χ1n) is 32.5. The van der Waals surface area contributed by atoms with E-state index in [0.29, 0.717) is 0 Å². The zero-order valence-electron chi connectivity index (χ0n) is 55.2. The number of nitrogens with zero attached hydrogens (tertiary/aromatic N) is 3. The van der Waals surface area contributed by atoms with Gasteiger partial charge in [0.1, 0.15) is 64.4 Å². The molecule has 2 aromatic rings. The third-order valence-electron chi connectivity index (χ3n) is 21.6. The number of nitrogens with one attached hydrogen (secondary N) is 1. The summed E-state index contributed by atoms with van der Waals surface area (Å²) in [5.74, 6) is -13.6. The highest BCUT2D eigenvalue weighted by Crippen LogP contribution is 2.66. The summed E-state index contributed by atoms with van der Waals surface area (Å²) in [5, 5.41) is 115. The smallest absolute Gasteiger partial charge is 0.195 e. The first-order valence-corrected chi connectivity index (χ1v) is 32.5. The van der Waals surface area contributed by atoms with Crippen molar-refractivity contribution in [1.82, 2.24) is 9.80 Å². The number of rotatable bonds is 16. The number of benzene rings is 2. The number of methoxy groups -OCH3 is 2. The van der Waals surface area contributed by atoms with Gasteiger partial charge in [0.25, 0.3) is 0 Å². The van der Waals surface area contributed by atoms with Crippen LogP contribution in [0.15, 0.2) is 41.2 Å². The average Bonchev–Trinajstić information content (AvgIpc) is 1.39. The van der Waals surface area contributed by atoms with E-state index in [1.54, 1.807) is 79.5 Å². The Hall–Kier alpha value is -6.55. The fourth-order valence-corrected chi connectivity index (χ4v) is 17.3. The molecule has 10 N–H and O–H groups in total. The molecule has 4 fully saturated rings. The maximum Gasteiger partial charge on any atom is 0.195 e. The number of allylic oxidation sites excluding steroid dienone is 5. The summed E-state index contributed by atoms with van der Waals surface area (Å²) in [4.78, 5) is 77.4. The minimum atomic E-state index is -2.51. The quantitative estimate of drug-likeness (QED) is 0.0852. The Balaban J connectivity index is 1.21. The van der Waals surface area contributed by atoms with Crippen molar-refractivity contribution in [2.24, 2.45) is 11.8 Å². The van der Waals surface area contributed by atoms with Gasteiger partial charge in [0.05, 0.1) is 101 Å². The fourth-order valence-electron chi connectivity index (χ4n) is 17.3. The van der Waals surface area contributed by atoms with Crippen LogP contribution in [0.5, 0.6) is 23.0 Å². The van der Waals surface area contributed by atoms with E-state index in [2.05, 4.69) is 5.11 Å². The summed E-state index contributed by atoms with van der Waals surface area (Å²) in [7, 11) is 9.70. The second-order valence-electron chi connectivity index (χ2n) is 27.2. The normalized spacial score (nSPS) is 38.8. The van der Waals surface area contributed by atoms with Gasteiger partial charge in [-0.1, -0.05) is 13.8 Å². The van der Waals surface area contributed by atoms with Crippen LogP contribution in [-0.2, 0) is 52.2 Å². The second kappa shape index (κ2) is 25.6. The Labute approximate surface area is 552 Å². The highest BCUT2D eigenvalue weighted by molar-refractivity contribution is 6.31. The molecule has 0 amide bonds. The number of Topliss-reactive ketones (excluding diaryl/α,β-unsaturated/α-hetero) is 1. The van der Waals surface area contributed by atoms with Gasteiger partial charge in [-0.2, -0.15) is 0 Å². The van der Waals surface area contributed by atoms with Gasteiger partial charge in [0, 0.05) is 73.3 Å². The molecule has 0 aromatic heterocycles. The van der Waals surface area contributed by atoms with Crippen molar-refractivity contribution in [2.45, 2.75) is 208 Å². The number of likely N-dealkylation sites (N-methyl/N-ethyl adjacent to an activating group) is 2. The lowest BCUT2D eigenvalue weighted by molar-refractivity contribution is -0.523. The molecule has 96 heavy (non-hydrogen) atoms. The number of phenols is 4. The zero-order valence-corrected chi connectivity index (χ0v) is 55.2. The van der Waals surface area contributed by atoms with E-state index < -0.39 is 248 Å². The lowest BCUT2D eigenvalue weighted by Crippen LogP contribution is -2.72. The lowest BCUT2D eigenvalue weighted by atomic mass is 9.55. The maximum absolute atomic E-state index is 17.9. The average molecular weight is 1340 g/mol. The summed E-state index contributed by atoms with van der Waals surface area (Å²) >= 11 is 0. The van der Waals surface area contributed by atoms with Crippen LogP contribution >= 0.6 is 0 Å². The summed E-state index contributed by atoms with van der Waals surface area (Å²) in [6.07, 6.45) is -17.4. The van der Waals surface area contributed by atoms with Crippen LogP contribution in [-0.4, -0.2) is 249 Å². The molecular formula is C68H84N4O24. The number of carbonyl (C=O) groups is 5. The molecule has 0 radical (unpaired) electrons. The van der Waals surface area contributed by atoms with Crippen molar-refractivity contribution < 1.29 is 122 Å². The van der Waals surface area contributed by atoms with Gasteiger partial charge in [-0.05, 0) is 105 Å². The van der Waals surface area contributed by atoms with E-state index in [1.807, 2.05) is 0 Å². The number of ether oxygens (including phenoxy) is 10. The molecule has 0 saturated carbocycles. The molecule has 4 heterocycles. The Morgan fingerprint density at radius 1 is 0.542 bits per heavy atom. The molecule has 28 heteroatoms. The van der Waals surface area contributed by atoms with Crippen molar-refractivity contribution in [3.63, 3.8) is 0 Å². The van der Waals surface area contributed by atoms with Crippen LogP contribution in [0.4, 0.5) is 0 Å². The number of aliphatic hydroxyl groups excluding tert-OH is 5. The van der Waals surface area contributed by atoms with Crippen LogP contribution in [0, 0.1) is 11.8 Å². The second-order valence-corrected chi connectivity index (χ2v) is 27.2. The predicted octanol–water partition coefficient (Wildman–Crippen LogP) is 2.46. The number of aliphatic hydroxyl groups is 5. The summed E-state index contributed by atoms with van der Waals surface area (Å²) in [6.45, 7) is 9.72. The maximum atomic E-state index is 17.9. The largest absolute Gasteiger partial charge is 0.511 e. The first kappa shape index (κ1) is 69.4. The van der Waals surface area contributed by atoms with Crippen LogP contribution in [0.1, 0.15) is 150 Å². The van der Waals surface area contributed by atoms with E-state index >= 15 is 4.79 Å².